The first-order valence-corrected chi connectivity index (χ1v) is 10.3. The molecule has 1 aliphatic rings. The number of benzene rings is 1. The topological polar surface area (TPSA) is 48.6 Å². The third-order valence-corrected chi connectivity index (χ3v) is 5.35. The van der Waals surface area contributed by atoms with Crippen LogP contribution in [0.3, 0.4) is 0 Å². The van der Waals surface area contributed by atoms with Crippen LogP contribution in [0, 0.1) is 3.70 Å². The van der Waals surface area contributed by atoms with Crippen LogP contribution in [0.5, 0.6) is 0 Å². The average Bonchev–Trinajstić information content (AvgIpc) is 2.87. The molecule has 1 aromatic heterocycles. The van der Waals surface area contributed by atoms with Gasteiger partial charge in [0.2, 0.25) is 0 Å². The van der Waals surface area contributed by atoms with Crippen molar-refractivity contribution in [3.63, 3.8) is 0 Å². The van der Waals surface area contributed by atoms with Gasteiger partial charge in [0.25, 0.3) is 0 Å². The molecule has 3 rings (SSSR count). The number of H-pyrrole nitrogens is 1. The molecule has 1 saturated heterocycles. The van der Waals surface area contributed by atoms with Gasteiger partial charge in [0.05, 0.1) is 9.39 Å². The number of carbonyl (C=O) groups is 1. The average molecular weight is 490 g/mol. The molecule has 1 N–H and O–H groups in total. The van der Waals surface area contributed by atoms with Gasteiger partial charge >= 0.3 is 6.09 Å². The molecule has 7 heteroatoms. The minimum atomic E-state index is -0.551. The van der Waals surface area contributed by atoms with Crippen molar-refractivity contribution in [1.82, 2.24) is 9.88 Å². The number of aromatic nitrogens is 1. The molecule has 0 unspecified atom stereocenters. The van der Waals surface area contributed by atoms with E-state index in [-0.39, 0.29) is 12.1 Å². The van der Waals surface area contributed by atoms with E-state index in [9.17, 15) is 4.79 Å². The van der Waals surface area contributed by atoms with Crippen LogP contribution in [0.15, 0.2) is 18.2 Å². The fourth-order valence-corrected chi connectivity index (χ4v) is 4.17. The van der Waals surface area contributed by atoms with E-state index in [1.54, 1.807) is 0 Å². The molecule has 1 amide bonds. The van der Waals surface area contributed by atoms with Crippen LogP contribution in [0.25, 0.3) is 10.9 Å². The first-order valence-electron chi connectivity index (χ1n) is 8.82. The number of amides is 1. The molecule has 0 aliphatic carbocycles. The molecule has 26 heavy (non-hydrogen) atoms. The normalized spacial score (nSPS) is 16.8. The molecule has 0 atom stereocenters. The molecule has 2 aromatic rings. The van der Waals surface area contributed by atoms with E-state index < -0.39 is 5.60 Å². The van der Waals surface area contributed by atoms with Gasteiger partial charge in [-0.15, -0.1) is 0 Å². The molecule has 0 saturated carbocycles. The van der Waals surface area contributed by atoms with Crippen molar-refractivity contribution in [3.8, 4) is 0 Å². The van der Waals surface area contributed by atoms with Crippen molar-refractivity contribution in [2.45, 2.75) is 45.3 Å². The lowest BCUT2D eigenvalue weighted by atomic mass is 10.0. The molecular formula is C19H25ClIN3O2. The third-order valence-electron chi connectivity index (χ3n) is 4.55. The highest BCUT2D eigenvalue weighted by molar-refractivity contribution is 14.1. The number of halogens is 2. The van der Waals surface area contributed by atoms with Crippen molar-refractivity contribution in [2.75, 3.05) is 25.0 Å². The monoisotopic (exact) mass is 489 g/mol. The molecule has 2 heterocycles. The van der Waals surface area contributed by atoms with Crippen LogP contribution in [-0.4, -0.2) is 47.8 Å². The van der Waals surface area contributed by atoms with E-state index in [2.05, 4.69) is 39.5 Å². The summed E-state index contributed by atoms with van der Waals surface area (Å²) in [6.07, 6.45) is 1.50. The number of ether oxygens (including phenoxy) is 1. The van der Waals surface area contributed by atoms with E-state index in [1.165, 1.54) is 0 Å². The highest BCUT2D eigenvalue weighted by atomic mass is 127. The number of hydrogen-bond donors (Lipinski definition) is 1. The van der Waals surface area contributed by atoms with E-state index in [4.69, 9.17) is 16.3 Å². The fourth-order valence-electron chi connectivity index (χ4n) is 3.36. The Labute approximate surface area is 173 Å². The Morgan fingerprint density at radius 1 is 1.31 bits per heavy atom. The Morgan fingerprint density at radius 2 is 1.96 bits per heavy atom. The van der Waals surface area contributed by atoms with Gasteiger partial charge in [-0.05, 0) is 94.5 Å². The van der Waals surface area contributed by atoms with Crippen molar-refractivity contribution in [2.24, 2.45) is 0 Å². The zero-order valence-corrected chi connectivity index (χ0v) is 18.5. The number of carbonyl (C=O) groups excluding carboxylic acids is 1. The Bertz CT molecular complexity index is 807. The Balaban J connectivity index is 2.07. The van der Waals surface area contributed by atoms with E-state index in [0.29, 0.717) is 5.02 Å². The SMILES string of the molecule is CN1CCC(N(C(=O)OC(C)(C)C)c2cc(Cl)cc3[nH]c(I)cc23)CC1. The van der Waals surface area contributed by atoms with Crippen molar-refractivity contribution >= 4 is 56.9 Å². The second-order valence-electron chi connectivity index (χ2n) is 7.89. The van der Waals surface area contributed by atoms with Crippen LogP contribution < -0.4 is 4.90 Å². The lowest BCUT2D eigenvalue weighted by Gasteiger charge is -2.38. The quantitative estimate of drug-likeness (QED) is 0.585. The summed E-state index contributed by atoms with van der Waals surface area (Å²) >= 11 is 8.61. The van der Waals surface area contributed by atoms with Crippen LogP contribution in [0.4, 0.5) is 10.5 Å². The smallest absolute Gasteiger partial charge is 0.415 e. The van der Waals surface area contributed by atoms with E-state index >= 15 is 0 Å². The lowest BCUT2D eigenvalue weighted by Crippen LogP contribution is -2.48. The predicted octanol–water partition coefficient (Wildman–Crippen LogP) is 5.26. The molecule has 1 aromatic carbocycles. The highest BCUT2D eigenvalue weighted by Gasteiger charge is 2.33. The molecule has 0 bridgehead atoms. The minimum absolute atomic E-state index is 0.0928. The number of nitrogens with zero attached hydrogens (tertiary/aromatic N) is 2. The summed E-state index contributed by atoms with van der Waals surface area (Å²) in [5.41, 5.74) is 1.19. The zero-order chi connectivity index (χ0) is 19.1. The number of aromatic amines is 1. The number of fused-ring (bicyclic) bond motifs is 1. The number of nitrogens with one attached hydrogen (secondary N) is 1. The number of piperidine rings is 1. The van der Waals surface area contributed by atoms with Gasteiger partial charge < -0.3 is 14.6 Å². The maximum Gasteiger partial charge on any atom is 0.415 e. The summed E-state index contributed by atoms with van der Waals surface area (Å²) in [5.74, 6) is 0. The van der Waals surface area contributed by atoms with Gasteiger partial charge in [0.1, 0.15) is 5.60 Å². The van der Waals surface area contributed by atoms with Crippen molar-refractivity contribution in [3.05, 3.63) is 26.9 Å². The number of rotatable bonds is 2. The third kappa shape index (κ3) is 4.46. The first-order chi connectivity index (χ1) is 12.1. The predicted molar refractivity (Wildman–Crippen MR) is 115 cm³/mol. The number of likely N-dealkylation sites (tertiary alicyclic amines) is 1. The Hall–Kier alpha value is -0.990. The highest BCUT2D eigenvalue weighted by Crippen LogP contribution is 2.35. The molecular weight excluding hydrogens is 465 g/mol. The summed E-state index contributed by atoms with van der Waals surface area (Å²) in [6, 6.07) is 5.91. The van der Waals surface area contributed by atoms with Gasteiger partial charge in [0.15, 0.2) is 0 Å². The fraction of sp³-hybridized carbons (Fsp3) is 0.526. The van der Waals surface area contributed by atoms with Crippen LogP contribution in [-0.2, 0) is 4.74 Å². The second kappa shape index (κ2) is 7.56. The maximum absolute atomic E-state index is 13.1. The first kappa shape index (κ1) is 19.8. The number of anilines is 1. The Morgan fingerprint density at radius 3 is 2.58 bits per heavy atom. The summed E-state index contributed by atoms with van der Waals surface area (Å²) in [5, 5.41) is 1.59. The van der Waals surface area contributed by atoms with Crippen LogP contribution in [0.1, 0.15) is 33.6 Å². The molecule has 142 valence electrons. The van der Waals surface area contributed by atoms with Crippen LogP contribution >= 0.6 is 34.2 Å². The van der Waals surface area contributed by atoms with Gasteiger partial charge in [-0.25, -0.2) is 4.79 Å². The molecule has 1 fully saturated rings. The lowest BCUT2D eigenvalue weighted by molar-refractivity contribution is 0.0552. The van der Waals surface area contributed by atoms with Crippen molar-refractivity contribution < 1.29 is 9.53 Å². The van der Waals surface area contributed by atoms with Gasteiger partial charge in [-0.3, -0.25) is 4.90 Å². The summed E-state index contributed by atoms with van der Waals surface area (Å²) < 4.78 is 6.76. The largest absolute Gasteiger partial charge is 0.443 e. The standard InChI is InChI=1S/C19H25ClIN3O2/c1-19(2,3)26-18(25)24(13-5-7-23(4)8-6-13)16-10-12(20)9-15-14(16)11-17(21)22-15/h9-11,13,22H,5-8H2,1-4H3. The zero-order valence-electron chi connectivity index (χ0n) is 15.6. The number of hydrogen-bond acceptors (Lipinski definition) is 3. The van der Waals surface area contributed by atoms with Gasteiger partial charge in [0, 0.05) is 22.0 Å². The summed E-state index contributed by atoms with van der Waals surface area (Å²) in [4.78, 5) is 20.5. The van der Waals surface area contributed by atoms with E-state index in [1.807, 2.05) is 43.9 Å². The molecule has 1 aliphatic heterocycles. The van der Waals surface area contributed by atoms with Crippen molar-refractivity contribution in [1.29, 1.82) is 0 Å². The molecule has 0 radical (unpaired) electrons. The van der Waals surface area contributed by atoms with E-state index in [0.717, 1.165) is 46.2 Å². The summed E-state index contributed by atoms with van der Waals surface area (Å²) in [7, 11) is 2.11. The molecule has 0 spiro atoms. The molecule has 5 nitrogen and oxygen atoms in total. The van der Waals surface area contributed by atoms with Gasteiger partial charge in [-0.2, -0.15) is 0 Å². The Kier molecular flexibility index (Phi) is 5.75. The van der Waals surface area contributed by atoms with Gasteiger partial charge in [-0.1, -0.05) is 11.6 Å². The maximum atomic E-state index is 13.1. The van der Waals surface area contributed by atoms with Crippen LogP contribution in [0.2, 0.25) is 5.02 Å². The second-order valence-corrected chi connectivity index (χ2v) is 9.49. The minimum Gasteiger partial charge on any atom is -0.443 e. The summed E-state index contributed by atoms with van der Waals surface area (Å²) in [6.45, 7) is 7.59.